The molecule has 1 heterocycles. The van der Waals surface area contributed by atoms with Gasteiger partial charge in [0.1, 0.15) is 0 Å². The predicted octanol–water partition coefficient (Wildman–Crippen LogP) is 5.90. The summed E-state index contributed by atoms with van der Waals surface area (Å²) in [6.07, 6.45) is 14.6. The summed E-state index contributed by atoms with van der Waals surface area (Å²) in [5, 5.41) is 0. The molecule has 0 saturated heterocycles. The molecule has 2 rings (SSSR count). The molecule has 0 unspecified atom stereocenters. The van der Waals surface area contributed by atoms with Gasteiger partial charge < -0.3 is 0 Å². The minimum Gasteiger partial charge on any atom is -0.285 e. The molecule has 2 aromatic rings. The Morgan fingerprint density at radius 3 is 2.12 bits per heavy atom. The quantitative estimate of drug-likeness (QED) is 0.286. The van der Waals surface area contributed by atoms with E-state index in [1.807, 2.05) is 0 Å². The third kappa shape index (κ3) is 7.70. The molecule has 2 nitrogen and oxygen atoms in total. The van der Waals surface area contributed by atoms with Gasteiger partial charge in [0.25, 0.3) is 0 Å². The van der Waals surface area contributed by atoms with Gasteiger partial charge in [0.05, 0.1) is 5.82 Å². The van der Waals surface area contributed by atoms with Gasteiger partial charge in [-0.3, -0.25) is 18.7 Å². The zero-order chi connectivity index (χ0) is 17.2. The van der Waals surface area contributed by atoms with E-state index in [9.17, 15) is 8.78 Å². The first-order chi connectivity index (χ1) is 11.7. The first kappa shape index (κ1) is 21.9. The molecule has 0 N–H and O–H groups in total. The first-order valence-corrected chi connectivity index (χ1v) is 8.88. The van der Waals surface area contributed by atoms with Crippen molar-refractivity contribution in [3.63, 3.8) is 0 Å². The standard InChI is InChI=1S/C20H25F2N2.Ir/c1-2-3-4-5-6-7-8-9-10-16-14-23-20(24-15-16)18-12-11-17(21)13-19(18)22;/h11,13-15H,2-10H2,1H3;/q-1;. The number of halogens is 2. The summed E-state index contributed by atoms with van der Waals surface area (Å²) in [5.74, 6) is -1.10. The van der Waals surface area contributed by atoms with E-state index in [0.717, 1.165) is 30.5 Å². The van der Waals surface area contributed by atoms with Crippen LogP contribution in [0.4, 0.5) is 8.78 Å². The number of aryl methyl sites for hydroxylation is 1. The van der Waals surface area contributed by atoms with E-state index in [0.29, 0.717) is 0 Å². The Balaban J connectivity index is 0.00000312. The van der Waals surface area contributed by atoms with Crippen molar-refractivity contribution in [2.24, 2.45) is 0 Å². The Kier molecular flexibility index (Phi) is 10.7. The zero-order valence-corrected chi connectivity index (χ0v) is 17.1. The van der Waals surface area contributed by atoms with Gasteiger partial charge in [-0.15, -0.1) is 12.1 Å². The fraction of sp³-hybridized carbons (Fsp3) is 0.500. The SMILES string of the molecule is CCCCCCCCCCc1cnc(-c2[c-]cc(F)cc2F)nc1.[Ir]. The Morgan fingerprint density at radius 1 is 0.920 bits per heavy atom. The summed E-state index contributed by atoms with van der Waals surface area (Å²) in [7, 11) is 0. The van der Waals surface area contributed by atoms with Crippen molar-refractivity contribution in [2.75, 3.05) is 0 Å². The second kappa shape index (κ2) is 12.2. The van der Waals surface area contributed by atoms with Crippen LogP contribution in [0.5, 0.6) is 0 Å². The zero-order valence-electron chi connectivity index (χ0n) is 14.7. The third-order valence-corrected chi connectivity index (χ3v) is 4.11. The Hall–Kier alpha value is -1.19. The fourth-order valence-electron chi connectivity index (χ4n) is 2.69. The maximum Gasteiger partial charge on any atom is 0.0776 e. The van der Waals surface area contributed by atoms with Crippen LogP contribution in [-0.2, 0) is 26.5 Å². The number of rotatable bonds is 10. The van der Waals surface area contributed by atoms with Gasteiger partial charge in [-0.2, -0.15) is 0 Å². The van der Waals surface area contributed by atoms with Crippen LogP contribution in [0.1, 0.15) is 63.9 Å². The molecule has 0 bridgehead atoms. The molecule has 0 aliphatic heterocycles. The molecule has 0 aliphatic rings. The Morgan fingerprint density at radius 2 is 1.52 bits per heavy atom. The monoisotopic (exact) mass is 524 g/mol. The number of unbranched alkanes of at least 4 members (excludes halogenated alkanes) is 7. The maximum atomic E-state index is 13.7. The van der Waals surface area contributed by atoms with Crippen LogP contribution < -0.4 is 0 Å². The van der Waals surface area contributed by atoms with E-state index in [2.05, 4.69) is 23.0 Å². The van der Waals surface area contributed by atoms with Crippen molar-refractivity contribution >= 4 is 0 Å². The number of nitrogens with zero attached hydrogens (tertiary/aromatic N) is 2. The second-order valence-electron chi connectivity index (χ2n) is 6.18. The van der Waals surface area contributed by atoms with Gasteiger partial charge in [0, 0.05) is 44.1 Å². The topological polar surface area (TPSA) is 25.8 Å². The van der Waals surface area contributed by atoms with E-state index in [-0.39, 0.29) is 31.5 Å². The van der Waals surface area contributed by atoms with E-state index in [1.54, 1.807) is 12.4 Å². The molecule has 1 aromatic carbocycles. The average Bonchev–Trinajstić information content (AvgIpc) is 2.58. The van der Waals surface area contributed by atoms with Gasteiger partial charge in [-0.1, -0.05) is 63.5 Å². The average molecular weight is 524 g/mol. The van der Waals surface area contributed by atoms with Crippen LogP contribution in [0.15, 0.2) is 24.5 Å². The van der Waals surface area contributed by atoms with Crippen molar-refractivity contribution in [3.8, 4) is 11.4 Å². The predicted molar refractivity (Wildman–Crippen MR) is 92.5 cm³/mol. The van der Waals surface area contributed by atoms with Gasteiger partial charge in [0.15, 0.2) is 0 Å². The molecule has 0 fully saturated rings. The summed E-state index contributed by atoms with van der Waals surface area (Å²) in [6.45, 7) is 2.23. The van der Waals surface area contributed by atoms with Crippen LogP contribution in [0.2, 0.25) is 0 Å². The smallest absolute Gasteiger partial charge is 0.0776 e. The summed E-state index contributed by atoms with van der Waals surface area (Å²) >= 11 is 0. The van der Waals surface area contributed by atoms with Crippen LogP contribution in [-0.4, -0.2) is 9.97 Å². The van der Waals surface area contributed by atoms with Gasteiger partial charge in [-0.05, 0) is 18.4 Å². The normalized spacial score (nSPS) is 10.5. The largest absolute Gasteiger partial charge is 0.285 e. The molecule has 0 atom stereocenters. The van der Waals surface area contributed by atoms with Crippen LogP contribution in [0.25, 0.3) is 11.4 Å². The molecule has 1 aromatic heterocycles. The van der Waals surface area contributed by atoms with Crippen LogP contribution in [0.3, 0.4) is 0 Å². The molecule has 1 radical (unpaired) electrons. The molecule has 5 heteroatoms. The van der Waals surface area contributed by atoms with Gasteiger partial charge in [-0.25, -0.2) is 0 Å². The second-order valence-corrected chi connectivity index (χ2v) is 6.18. The summed E-state index contributed by atoms with van der Waals surface area (Å²) < 4.78 is 26.6. The fourth-order valence-corrected chi connectivity index (χ4v) is 2.69. The Bertz CT molecular complexity index is 618. The number of aromatic nitrogens is 2. The van der Waals surface area contributed by atoms with Crippen molar-refractivity contribution in [3.05, 3.63) is 47.8 Å². The summed E-state index contributed by atoms with van der Waals surface area (Å²) in [4.78, 5) is 8.37. The van der Waals surface area contributed by atoms with Crippen LogP contribution >= 0.6 is 0 Å². The van der Waals surface area contributed by atoms with Gasteiger partial charge >= 0.3 is 0 Å². The van der Waals surface area contributed by atoms with Crippen molar-refractivity contribution in [1.29, 1.82) is 0 Å². The number of hydrogen-bond donors (Lipinski definition) is 0. The minimum atomic E-state index is -0.689. The molecule has 0 aliphatic carbocycles. The van der Waals surface area contributed by atoms with Crippen LogP contribution in [0, 0.1) is 17.7 Å². The van der Waals surface area contributed by atoms with Gasteiger partial charge in [0.2, 0.25) is 0 Å². The van der Waals surface area contributed by atoms with E-state index in [1.165, 1.54) is 44.9 Å². The molecule has 25 heavy (non-hydrogen) atoms. The van der Waals surface area contributed by atoms with Crippen molar-refractivity contribution in [1.82, 2.24) is 9.97 Å². The number of hydrogen-bond acceptors (Lipinski definition) is 2. The number of benzene rings is 1. The molecule has 139 valence electrons. The Labute approximate surface area is 162 Å². The molecular formula is C20H25F2IrN2-. The van der Waals surface area contributed by atoms with Crippen molar-refractivity contribution < 1.29 is 28.9 Å². The summed E-state index contributed by atoms with van der Waals surface area (Å²) in [6, 6.07) is 4.46. The molecule has 0 spiro atoms. The first-order valence-electron chi connectivity index (χ1n) is 8.88. The molecular weight excluding hydrogens is 498 g/mol. The third-order valence-electron chi connectivity index (χ3n) is 4.11. The van der Waals surface area contributed by atoms with E-state index >= 15 is 0 Å². The maximum absolute atomic E-state index is 13.7. The summed E-state index contributed by atoms with van der Waals surface area (Å²) in [5.41, 5.74) is 1.15. The van der Waals surface area contributed by atoms with E-state index in [4.69, 9.17) is 0 Å². The van der Waals surface area contributed by atoms with Crippen molar-refractivity contribution in [2.45, 2.75) is 64.7 Å². The van der Waals surface area contributed by atoms with E-state index < -0.39 is 11.6 Å². The molecule has 0 saturated carbocycles. The minimum absolute atomic E-state index is 0. The molecule has 0 amide bonds.